The molecule has 0 saturated heterocycles. The number of benzene rings is 2. The molecule has 0 aliphatic rings. The minimum atomic E-state index is -0.791. The molecule has 0 aromatic heterocycles. The SMILES string of the molecule is COC(=O)c1ccc(NC(=O)C(=O)NCc2cccc(CN)c2)cc1. The van der Waals surface area contributed by atoms with Crippen molar-refractivity contribution >= 4 is 23.5 Å². The van der Waals surface area contributed by atoms with E-state index in [0.717, 1.165) is 11.1 Å². The summed E-state index contributed by atoms with van der Waals surface area (Å²) in [5.74, 6) is -2.02. The van der Waals surface area contributed by atoms with Gasteiger partial charge < -0.3 is 21.1 Å². The van der Waals surface area contributed by atoms with Crippen molar-refractivity contribution in [3.8, 4) is 0 Å². The number of anilines is 1. The number of rotatable bonds is 5. The van der Waals surface area contributed by atoms with E-state index in [-0.39, 0.29) is 6.54 Å². The van der Waals surface area contributed by atoms with Crippen LogP contribution in [0.5, 0.6) is 0 Å². The number of esters is 1. The topological polar surface area (TPSA) is 111 Å². The molecular formula is C18H19N3O4. The average molecular weight is 341 g/mol. The van der Waals surface area contributed by atoms with Gasteiger partial charge in [-0.15, -0.1) is 0 Å². The van der Waals surface area contributed by atoms with Crippen LogP contribution in [0.15, 0.2) is 48.5 Å². The van der Waals surface area contributed by atoms with E-state index in [9.17, 15) is 14.4 Å². The second-order valence-electron chi connectivity index (χ2n) is 5.23. The molecule has 2 amide bonds. The van der Waals surface area contributed by atoms with Crippen LogP contribution in [0, 0.1) is 0 Å². The van der Waals surface area contributed by atoms with Gasteiger partial charge in [0.15, 0.2) is 0 Å². The second kappa shape index (κ2) is 8.60. The molecule has 130 valence electrons. The Morgan fingerprint density at radius 1 is 1.00 bits per heavy atom. The number of ether oxygens (including phenoxy) is 1. The normalized spacial score (nSPS) is 10.0. The summed E-state index contributed by atoms with van der Waals surface area (Å²) in [5, 5.41) is 5.00. The van der Waals surface area contributed by atoms with Gasteiger partial charge in [0.05, 0.1) is 12.7 Å². The molecule has 2 rings (SSSR count). The van der Waals surface area contributed by atoms with Crippen LogP contribution in [-0.2, 0) is 27.4 Å². The lowest BCUT2D eigenvalue weighted by molar-refractivity contribution is -0.136. The van der Waals surface area contributed by atoms with Crippen molar-refractivity contribution in [2.75, 3.05) is 12.4 Å². The number of carbonyl (C=O) groups excluding carboxylic acids is 3. The van der Waals surface area contributed by atoms with Gasteiger partial charge >= 0.3 is 17.8 Å². The van der Waals surface area contributed by atoms with Crippen molar-refractivity contribution in [2.24, 2.45) is 5.73 Å². The van der Waals surface area contributed by atoms with Crippen LogP contribution in [0.2, 0.25) is 0 Å². The third kappa shape index (κ3) is 5.15. The molecule has 0 aliphatic carbocycles. The maximum absolute atomic E-state index is 11.9. The van der Waals surface area contributed by atoms with Crippen molar-refractivity contribution in [3.05, 3.63) is 65.2 Å². The summed E-state index contributed by atoms with van der Waals surface area (Å²) in [4.78, 5) is 35.1. The summed E-state index contributed by atoms with van der Waals surface area (Å²) < 4.78 is 4.59. The van der Waals surface area contributed by atoms with Crippen LogP contribution in [0.3, 0.4) is 0 Å². The fraction of sp³-hybridized carbons (Fsp3) is 0.167. The highest BCUT2D eigenvalue weighted by molar-refractivity contribution is 6.39. The maximum atomic E-state index is 11.9. The lowest BCUT2D eigenvalue weighted by Crippen LogP contribution is -2.35. The van der Waals surface area contributed by atoms with Gasteiger partial charge in [0.2, 0.25) is 0 Å². The van der Waals surface area contributed by atoms with E-state index in [0.29, 0.717) is 17.8 Å². The van der Waals surface area contributed by atoms with Crippen LogP contribution < -0.4 is 16.4 Å². The standard InChI is InChI=1S/C18H19N3O4/c1-25-18(24)14-5-7-15(8-6-14)21-17(23)16(22)20-11-13-4-2-3-12(9-13)10-19/h2-9H,10-11,19H2,1H3,(H,20,22)(H,21,23). The first-order valence-electron chi connectivity index (χ1n) is 7.59. The molecule has 0 atom stereocenters. The predicted octanol–water partition coefficient (Wildman–Crippen LogP) is 1.19. The van der Waals surface area contributed by atoms with E-state index in [1.807, 2.05) is 24.3 Å². The first-order chi connectivity index (χ1) is 12.0. The van der Waals surface area contributed by atoms with E-state index in [1.165, 1.54) is 31.4 Å². The average Bonchev–Trinajstić information content (AvgIpc) is 2.66. The Balaban J connectivity index is 1.89. The van der Waals surface area contributed by atoms with E-state index in [2.05, 4.69) is 15.4 Å². The number of hydrogen-bond acceptors (Lipinski definition) is 5. The van der Waals surface area contributed by atoms with E-state index in [1.54, 1.807) is 0 Å². The lowest BCUT2D eigenvalue weighted by Gasteiger charge is -2.08. The minimum Gasteiger partial charge on any atom is -0.465 e. The fourth-order valence-electron chi connectivity index (χ4n) is 2.12. The maximum Gasteiger partial charge on any atom is 0.337 e. The Morgan fingerprint density at radius 3 is 2.32 bits per heavy atom. The highest BCUT2D eigenvalue weighted by Gasteiger charge is 2.14. The summed E-state index contributed by atoms with van der Waals surface area (Å²) in [5.41, 5.74) is 8.12. The van der Waals surface area contributed by atoms with Gasteiger partial charge in [-0.2, -0.15) is 0 Å². The van der Waals surface area contributed by atoms with E-state index in [4.69, 9.17) is 5.73 Å². The Kier molecular flexibility index (Phi) is 6.25. The van der Waals surface area contributed by atoms with Crippen LogP contribution in [0.4, 0.5) is 5.69 Å². The van der Waals surface area contributed by atoms with E-state index < -0.39 is 17.8 Å². The largest absolute Gasteiger partial charge is 0.465 e. The monoisotopic (exact) mass is 341 g/mol. The zero-order valence-electron chi connectivity index (χ0n) is 13.7. The number of carbonyl (C=O) groups is 3. The second-order valence-corrected chi connectivity index (χ2v) is 5.23. The number of nitrogens with one attached hydrogen (secondary N) is 2. The number of nitrogens with two attached hydrogens (primary N) is 1. The van der Waals surface area contributed by atoms with Crippen molar-refractivity contribution in [1.82, 2.24) is 5.32 Å². The first-order valence-corrected chi connectivity index (χ1v) is 7.59. The minimum absolute atomic E-state index is 0.224. The van der Waals surface area contributed by atoms with Crippen molar-refractivity contribution in [2.45, 2.75) is 13.1 Å². The molecule has 4 N–H and O–H groups in total. The Hall–Kier alpha value is -3.19. The van der Waals surface area contributed by atoms with Crippen molar-refractivity contribution in [1.29, 1.82) is 0 Å². The molecule has 0 fully saturated rings. The quantitative estimate of drug-likeness (QED) is 0.559. The molecule has 7 nitrogen and oxygen atoms in total. The molecule has 2 aromatic rings. The molecule has 25 heavy (non-hydrogen) atoms. The number of amides is 2. The Bertz CT molecular complexity index is 772. The van der Waals surface area contributed by atoms with Crippen molar-refractivity contribution in [3.63, 3.8) is 0 Å². The molecule has 0 heterocycles. The van der Waals surface area contributed by atoms with Gasteiger partial charge in [-0.25, -0.2) is 4.79 Å². The van der Waals surface area contributed by atoms with Gasteiger partial charge in [-0.3, -0.25) is 9.59 Å². The van der Waals surface area contributed by atoms with Crippen LogP contribution in [0.1, 0.15) is 21.5 Å². The smallest absolute Gasteiger partial charge is 0.337 e. The zero-order valence-corrected chi connectivity index (χ0v) is 13.7. The molecular weight excluding hydrogens is 322 g/mol. The highest BCUT2D eigenvalue weighted by atomic mass is 16.5. The summed E-state index contributed by atoms with van der Waals surface area (Å²) in [6, 6.07) is 13.5. The Morgan fingerprint density at radius 2 is 1.68 bits per heavy atom. The van der Waals surface area contributed by atoms with Gasteiger partial charge in [0.25, 0.3) is 0 Å². The third-order valence-corrected chi connectivity index (χ3v) is 3.45. The molecule has 0 bridgehead atoms. The molecule has 0 spiro atoms. The van der Waals surface area contributed by atoms with Gasteiger partial charge in [0.1, 0.15) is 0 Å². The van der Waals surface area contributed by atoms with Crippen LogP contribution in [-0.4, -0.2) is 24.9 Å². The summed E-state index contributed by atoms with van der Waals surface area (Å²) in [7, 11) is 1.28. The predicted molar refractivity (Wildman–Crippen MR) is 92.6 cm³/mol. The number of methoxy groups -OCH3 is 1. The molecule has 0 aliphatic heterocycles. The number of hydrogen-bond donors (Lipinski definition) is 3. The van der Waals surface area contributed by atoms with E-state index >= 15 is 0 Å². The molecule has 0 unspecified atom stereocenters. The summed E-state index contributed by atoms with van der Waals surface area (Å²) in [6.07, 6.45) is 0. The first kappa shape index (κ1) is 18.2. The van der Waals surface area contributed by atoms with Crippen LogP contribution >= 0.6 is 0 Å². The lowest BCUT2D eigenvalue weighted by atomic mass is 10.1. The van der Waals surface area contributed by atoms with Gasteiger partial charge in [0, 0.05) is 18.8 Å². The molecule has 2 aromatic carbocycles. The molecule has 0 saturated carbocycles. The zero-order chi connectivity index (χ0) is 18.2. The summed E-state index contributed by atoms with van der Waals surface area (Å²) in [6.45, 7) is 0.630. The van der Waals surface area contributed by atoms with Gasteiger partial charge in [-0.1, -0.05) is 24.3 Å². The third-order valence-electron chi connectivity index (χ3n) is 3.45. The summed E-state index contributed by atoms with van der Waals surface area (Å²) >= 11 is 0. The molecule has 7 heteroatoms. The molecule has 0 radical (unpaired) electrons. The highest BCUT2D eigenvalue weighted by Crippen LogP contribution is 2.10. The van der Waals surface area contributed by atoms with Crippen LogP contribution in [0.25, 0.3) is 0 Å². The fourth-order valence-corrected chi connectivity index (χ4v) is 2.12. The Labute approximate surface area is 145 Å². The van der Waals surface area contributed by atoms with Gasteiger partial charge in [-0.05, 0) is 35.4 Å². The van der Waals surface area contributed by atoms with Crippen molar-refractivity contribution < 1.29 is 19.1 Å².